The summed E-state index contributed by atoms with van der Waals surface area (Å²) in [7, 11) is 1.96. The molecule has 1 heterocycles. The number of carbonyl (C=O) groups excluding carboxylic acids is 1. The number of benzene rings is 1. The fourth-order valence-corrected chi connectivity index (χ4v) is 2.17. The van der Waals surface area contributed by atoms with Gasteiger partial charge in [-0.05, 0) is 37.2 Å². The summed E-state index contributed by atoms with van der Waals surface area (Å²) in [5, 5.41) is 6.13. The highest BCUT2D eigenvalue weighted by atomic mass is 35.5. The maximum atomic E-state index is 12.0. The minimum absolute atomic E-state index is 0. The lowest BCUT2D eigenvalue weighted by Gasteiger charge is -2.18. The largest absolute Gasteiger partial charge is 0.351 e. The van der Waals surface area contributed by atoms with Crippen molar-refractivity contribution in [2.75, 3.05) is 31.6 Å². The number of pyridine rings is 1. The van der Waals surface area contributed by atoms with Crippen LogP contribution >= 0.6 is 24.8 Å². The Kier molecular flexibility index (Phi) is 11.6. The van der Waals surface area contributed by atoms with Crippen molar-refractivity contribution in [3.63, 3.8) is 0 Å². The van der Waals surface area contributed by atoms with Gasteiger partial charge in [-0.15, -0.1) is 24.8 Å². The smallest absolute Gasteiger partial charge is 0.252 e. The predicted octanol–water partition coefficient (Wildman–Crippen LogP) is 3.42. The molecule has 0 spiro atoms. The van der Waals surface area contributed by atoms with E-state index in [4.69, 9.17) is 0 Å². The van der Waals surface area contributed by atoms with E-state index in [0.717, 1.165) is 31.0 Å². The van der Waals surface area contributed by atoms with Gasteiger partial charge < -0.3 is 15.5 Å². The minimum atomic E-state index is -0.0929. The number of nitrogens with zero attached hydrogens (tertiary/aromatic N) is 2. The van der Waals surface area contributed by atoms with Gasteiger partial charge in [0.05, 0.1) is 5.56 Å². The molecule has 2 N–H and O–H groups in total. The number of nitrogens with one attached hydrogen (secondary N) is 2. The molecule has 0 aliphatic rings. The van der Waals surface area contributed by atoms with Crippen molar-refractivity contribution >= 4 is 42.2 Å². The summed E-state index contributed by atoms with van der Waals surface area (Å²) in [6, 6.07) is 13.7. The Balaban J connectivity index is 0.00000288. The summed E-state index contributed by atoms with van der Waals surface area (Å²) in [5.74, 6) is 0.710. The minimum Gasteiger partial charge on any atom is -0.351 e. The number of carbonyl (C=O) groups is 1. The molecular weight excluding hydrogens is 359 g/mol. The molecule has 1 aromatic heterocycles. The molecule has 1 amide bonds. The molecule has 0 saturated heterocycles. The summed E-state index contributed by atoms with van der Waals surface area (Å²) in [4.78, 5) is 18.4. The molecular formula is C18H26Cl2N4O. The van der Waals surface area contributed by atoms with E-state index in [1.807, 2.05) is 48.3 Å². The second kappa shape index (κ2) is 12.5. The van der Waals surface area contributed by atoms with Crippen LogP contribution in [0.15, 0.2) is 48.7 Å². The molecule has 0 saturated carbocycles. The van der Waals surface area contributed by atoms with Gasteiger partial charge in [-0.1, -0.05) is 25.1 Å². The number of hydrogen-bond donors (Lipinski definition) is 2. The highest BCUT2D eigenvalue weighted by Gasteiger charge is 2.08. The van der Waals surface area contributed by atoms with Crippen LogP contribution in [0.1, 0.15) is 23.7 Å². The Bertz CT molecular complexity index is 608. The fourth-order valence-electron chi connectivity index (χ4n) is 2.17. The first-order valence-electron chi connectivity index (χ1n) is 7.96. The maximum Gasteiger partial charge on any atom is 0.252 e. The third-order valence-electron chi connectivity index (χ3n) is 3.51. The van der Waals surface area contributed by atoms with E-state index in [9.17, 15) is 4.79 Å². The zero-order valence-electron chi connectivity index (χ0n) is 14.6. The van der Waals surface area contributed by atoms with Crippen LogP contribution in [0.3, 0.4) is 0 Å². The second-order valence-electron chi connectivity index (χ2n) is 5.31. The first kappa shape index (κ1) is 23.2. The van der Waals surface area contributed by atoms with Gasteiger partial charge in [0.1, 0.15) is 5.82 Å². The van der Waals surface area contributed by atoms with Gasteiger partial charge in [-0.3, -0.25) is 4.79 Å². The topological polar surface area (TPSA) is 57.3 Å². The molecule has 7 heteroatoms. The highest BCUT2D eigenvalue weighted by molar-refractivity contribution is 5.94. The average Bonchev–Trinajstić information content (AvgIpc) is 2.61. The van der Waals surface area contributed by atoms with E-state index >= 15 is 0 Å². The summed E-state index contributed by atoms with van der Waals surface area (Å²) < 4.78 is 0. The summed E-state index contributed by atoms with van der Waals surface area (Å²) in [6.07, 6.45) is 2.71. The van der Waals surface area contributed by atoms with Crippen LogP contribution in [0.25, 0.3) is 0 Å². The van der Waals surface area contributed by atoms with Crippen LogP contribution in [0, 0.1) is 0 Å². The monoisotopic (exact) mass is 384 g/mol. The number of rotatable bonds is 8. The molecule has 0 atom stereocenters. The van der Waals surface area contributed by atoms with Gasteiger partial charge in [-0.25, -0.2) is 4.98 Å². The predicted molar refractivity (Wildman–Crippen MR) is 109 cm³/mol. The molecule has 0 radical (unpaired) electrons. The normalized spacial score (nSPS) is 9.52. The molecule has 25 heavy (non-hydrogen) atoms. The van der Waals surface area contributed by atoms with Crippen molar-refractivity contribution in [2.45, 2.75) is 13.3 Å². The van der Waals surface area contributed by atoms with E-state index in [1.54, 1.807) is 12.3 Å². The zero-order valence-corrected chi connectivity index (χ0v) is 16.2. The quantitative estimate of drug-likeness (QED) is 0.684. The van der Waals surface area contributed by atoms with E-state index in [1.165, 1.54) is 0 Å². The van der Waals surface area contributed by atoms with Crippen LogP contribution in [0.5, 0.6) is 0 Å². The Hall–Kier alpha value is -1.82. The van der Waals surface area contributed by atoms with Crippen molar-refractivity contribution in [1.29, 1.82) is 0 Å². The van der Waals surface area contributed by atoms with Crippen molar-refractivity contribution in [3.8, 4) is 0 Å². The van der Waals surface area contributed by atoms with Crippen molar-refractivity contribution in [2.24, 2.45) is 0 Å². The van der Waals surface area contributed by atoms with E-state index in [0.29, 0.717) is 12.1 Å². The van der Waals surface area contributed by atoms with Crippen LogP contribution in [-0.4, -0.2) is 37.6 Å². The van der Waals surface area contributed by atoms with Crippen LogP contribution < -0.4 is 15.5 Å². The lowest BCUT2D eigenvalue weighted by Crippen LogP contribution is -2.32. The van der Waals surface area contributed by atoms with E-state index in [-0.39, 0.29) is 30.7 Å². The number of halogens is 2. The number of anilines is 2. The lowest BCUT2D eigenvalue weighted by molar-refractivity contribution is 0.0953. The fraction of sp³-hybridized carbons (Fsp3) is 0.333. The van der Waals surface area contributed by atoms with Gasteiger partial charge in [0.2, 0.25) is 0 Å². The molecule has 2 aromatic rings. The van der Waals surface area contributed by atoms with Crippen molar-refractivity contribution < 1.29 is 4.79 Å². The molecule has 0 unspecified atom stereocenters. The Morgan fingerprint density at radius 3 is 2.36 bits per heavy atom. The summed E-state index contributed by atoms with van der Waals surface area (Å²) >= 11 is 0. The zero-order chi connectivity index (χ0) is 16.5. The van der Waals surface area contributed by atoms with Gasteiger partial charge >= 0.3 is 0 Å². The van der Waals surface area contributed by atoms with Gasteiger partial charge in [-0.2, -0.15) is 0 Å². The van der Waals surface area contributed by atoms with Gasteiger partial charge in [0, 0.05) is 32.0 Å². The molecule has 0 fully saturated rings. The first-order chi connectivity index (χ1) is 11.2. The number of hydrogen-bond acceptors (Lipinski definition) is 4. The van der Waals surface area contributed by atoms with Crippen LogP contribution in [0.4, 0.5) is 11.5 Å². The summed E-state index contributed by atoms with van der Waals surface area (Å²) in [6.45, 7) is 4.48. The SMILES string of the molecule is CCCNCCNC(=O)c1ccc(N(C)c2ccccc2)nc1.Cl.Cl. The molecule has 2 rings (SSSR count). The molecule has 0 bridgehead atoms. The standard InChI is InChI=1S/C18H24N4O.2ClH/c1-3-11-19-12-13-20-18(23)15-9-10-17(21-14-15)22(2)16-7-5-4-6-8-16;;/h4-10,14,19H,3,11-13H2,1-2H3,(H,20,23);2*1H. The molecule has 0 aliphatic heterocycles. The van der Waals surface area contributed by atoms with E-state index in [2.05, 4.69) is 22.5 Å². The van der Waals surface area contributed by atoms with Gasteiger partial charge in [0.25, 0.3) is 5.91 Å². The number of para-hydroxylation sites is 1. The highest BCUT2D eigenvalue weighted by Crippen LogP contribution is 2.20. The van der Waals surface area contributed by atoms with E-state index < -0.39 is 0 Å². The maximum absolute atomic E-state index is 12.0. The van der Waals surface area contributed by atoms with Gasteiger partial charge in [0.15, 0.2) is 0 Å². The third kappa shape index (κ3) is 7.30. The summed E-state index contributed by atoms with van der Waals surface area (Å²) in [5.41, 5.74) is 1.63. The molecule has 0 aliphatic carbocycles. The number of aromatic nitrogens is 1. The second-order valence-corrected chi connectivity index (χ2v) is 5.31. The Morgan fingerprint density at radius 2 is 1.76 bits per heavy atom. The first-order valence-corrected chi connectivity index (χ1v) is 7.96. The van der Waals surface area contributed by atoms with Crippen LogP contribution in [0.2, 0.25) is 0 Å². The number of amides is 1. The van der Waals surface area contributed by atoms with Crippen molar-refractivity contribution in [3.05, 3.63) is 54.2 Å². The van der Waals surface area contributed by atoms with Crippen LogP contribution in [-0.2, 0) is 0 Å². The molecule has 1 aromatic carbocycles. The Labute approximate surface area is 162 Å². The average molecular weight is 385 g/mol. The van der Waals surface area contributed by atoms with Crippen molar-refractivity contribution in [1.82, 2.24) is 15.6 Å². The Morgan fingerprint density at radius 1 is 1.04 bits per heavy atom. The third-order valence-corrected chi connectivity index (χ3v) is 3.51. The molecule has 138 valence electrons. The molecule has 5 nitrogen and oxygen atoms in total. The lowest BCUT2D eigenvalue weighted by atomic mass is 10.2.